The highest BCUT2D eigenvalue weighted by molar-refractivity contribution is 6.42. The lowest BCUT2D eigenvalue weighted by atomic mass is 9.97. The third-order valence-corrected chi connectivity index (χ3v) is 4.13. The van der Waals surface area contributed by atoms with Gasteiger partial charge in [-0.05, 0) is 31.4 Å². The zero-order chi connectivity index (χ0) is 14.0. The van der Waals surface area contributed by atoms with Crippen molar-refractivity contribution in [3.63, 3.8) is 0 Å². The van der Waals surface area contributed by atoms with E-state index in [1.807, 2.05) is 4.90 Å². The number of nitro groups is 1. The number of hydrogen-bond acceptors (Lipinski definition) is 4. The zero-order valence-corrected chi connectivity index (χ0v) is 11.8. The van der Waals surface area contributed by atoms with Crippen molar-refractivity contribution in [3.8, 4) is 0 Å². The maximum atomic E-state index is 11.1. The number of nitrogens with zero attached hydrogens (tertiary/aromatic N) is 2. The molecule has 0 bridgehead atoms. The lowest BCUT2D eigenvalue weighted by Gasteiger charge is -2.33. The van der Waals surface area contributed by atoms with Crippen LogP contribution in [0.1, 0.15) is 12.8 Å². The standard InChI is InChI=1S/C12H15Cl2N3O2/c13-9-4-11(12(17(18)19)5-10(9)14)16-3-1-2-8(6-15)7-16/h4-5,8H,1-3,6-7,15H2. The number of nitrogens with two attached hydrogens (primary N) is 1. The van der Waals surface area contributed by atoms with Crippen LogP contribution in [0.15, 0.2) is 12.1 Å². The molecule has 1 heterocycles. The summed E-state index contributed by atoms with van der Waals surface area (Å²) in [6.45, 7) is 2.08. The summed E-state index contributed by atoms with van der Waals surface area (Å²) in [5, 5.41) is 11.7. The fraction of sp³-hybridized carbons (Fsp3) is 0.500. The van der Waals surface area contributed by atoms with E-state index in [-0.39, 0.29) is 10.7 Å². The van der Waals surface area contributed by atoms with E-state index in [1.54, 1.807) is 6.07 Å². The second kappa shape index (κ2) is 5.94. The van der Waals surface area contributed by atoms with E-state index in [0.717, 1.165) is 25.9 Å². The third-order valence-electron chi connectivity index (χ3n) is 3.41. The molecule has 1 aromatic carbocycles. The average molecular weight is 304 g/mol. The van der Waals surface area contributed by atoms with Gasteiger partial charge in [0.15, 0.2) is 0 Å². The number of benzene rings is 1. The van der Waals surface area contributed by atoms with Crippen LogP contribution >= 0.6 is 23.2 Å². The molecule has 1 fully saturated rings. The average Bonchev–Trinajstić information content (AvgIpc) is 2.41. The molecule has 0 aliphatic carbocycles. The molecule has 1 aliphatic heterocycles. The van der Waals surface area contributed by atoms with E-state index in [1.165, 1.54) is 6.07 Å². The van der Waals surface area contributed by atoms with Gasteiger partial charge in [0, 0.05) is 19.2 Å². The van der Waals surface area contributed by atoms with Gasteiger partial charge >= 0.3 is 0 Å². The van der Waals surface area contributed by atoms with Crippen molar-refractivity contribution in [3.05, 3.63) is 32.3 Å². The Morgan fingerprint density at radius 2 is 2.11 bits per heavy atom. The number of halogens is 2. The molecule has 0 amide bonds. The van der Waals surface area contributed by atoms with Crippen molar-refractivity contribution in [2.24, 2.45) is 11.7 Å². The molecule has 2 rings (SSSR count). The molecule has 1 saturated heterocycles. The molecule has 1 unspecified atom stereocenters. The maximum Gasteiger partial charge on any atom is 0.294 e. The van der Waals surface area contributed by atoms with Gasteiger partial charge in [0.2, 0.25) is 0 Å². The van der Waals surface area contributed by atoms with Crippen molar-refractivity contribution < 1.29 is 4.92 Å². The number of piperidine rings is 1. The Morgan fingerprint density at radius 3 is 2.74 bits per heavy atom. The molecular weight excluding hydrogens is 289 g/mol. The molecule has 0 spiro atoms. The summed E-state index contributed by atoms with van der Waals surface area (Å²) in [5.41, 5.74) is 6.21. The van der Waals surface area contributed by atoms with E-state index in [0.29, 0.717) is 23.2 Å². The highest BCUT2D eigenvalue weighted by Crippen LogP contribution is 2.37. The lowest BCUT2D eigenvalue weighted by Crippen LogP contribution is -2.38. The summed E-state index contributed by atoms with van der Waals surface area (Å²) < 4.78 is 0. The highest BCUT2D eigenvalue weighted by Gasteiger charge is 2.26. The maximum absolute atomic E-state index is 11.1. The van der Waals surface area contributed by atoms with Crippen LogP contribution in [0.3, 0.4) is 0 Å². The van der Waals surface area contributed by atoms with Gasteiger partial charge < -0.3 is 10.6 Å². The van der Waals surface area contributed by atoms with Crippen LogP contribution in [0.5, 0.6) is 0 Å². The summed E-state index contributed by atoms with van der Waals surface area (Å²) in [5.74, 6) is 0.364. The van der Waals surface area contributed by atoms with Crippen LogP contribution < -0.4 is 10.6 Å². The minimum absolute atomic E-state index is 0.00734. The first-order chi connectivity index (χ1) is 9.02. The van der Waals surface area contributed by atoms with Crippen molar-refractivity contribution in [2.45, 2.75) is 12.8 Å². The SMILES string of the molecule is NCC1CCCN(c2cc(Cl)c(Cl)cc2[N+](=O)[O-])C1. The molecule has 0 radical (unpaired) electrons. The van der Waals surface area contributed by atoms with Crippen LogP contribution in [-0.2, 0) is 0 Å². The van der Waals surface area contributed by atoms with E-state index in [4.69, 9.17) is 28.9 Å². The molecule has 0 aromatic heterocycles. The molecule has 2 N–H and O–H groups in total. The summed E-state index contributed by atoms with van der Waals surface area (Å²) in [4.78, 5) is 12.7. The molecule has 1 atom stereocenters. The van der Waals surface area contributed by atoms with Crippen LogP contribution in [0.2, 0.25) is 10.0 Å². The summed E-state index contributed by atoms with van der Waals surface area (Å²) >= 11 is 11.8. The number of anilines is 1. The number of hydrogen-bond donors (Lipinski definition) is 1. The minimum Gasteiger partial charge on any atom is -0.366 e. The third kappa shape index (κ3) is 3.11. The first-order valence-electron chi connectivity index (χ1n) is 6.11. The van der Waals surface area contributed by atoms with E-state index >= 15 is 0 Å². The zero-order valence-electron chi connectivity index (χ0n) is 10.3. The van der Waals surface area contributed by atoms with E-state index in [2.05, 4.69) is 0 Å². The predicted molar refractivity (Wildman–Crippen MR) is 77.1 cm³/mol. The van der Waals surface area contributed by atoms with Crippen LogP contribution in [0.4, 0.5) is 11.4 Å². The second-order valence-electron chi connectivity index (χ2n) is 4.70. The van der Waals surface area contributed by atoms with Crippen molar-refractivity contribution in [1.82, 2.24) is 0 Å². The second-order valence-corrected chi connectivity index (χ2v) is 5.52. The number of rotatable bonds is 3. The van der Waals surface area contributed by atoms with Gasteiger partial charge in [-0.2, -0.15) is 0 Å². The molecule has 5 nitrogen and oxygen atoms in total. The lowest BCUT2D eigenvalue weighted by molar-refractivity contribution is -0.384. The Kier molecular flexibility index (Phi) is 4.50. The summed E-state index contributed by atoms with van der Waals surface area (Å²) in [6, 6.07) is 2.88. The van der Waals surface area contributed by atoms with Crippen LogP contribution in [0, 0.1) is 16.0 Å². The van der Waals surface area contributed by atoms with Gasteiger partial charge in [-0.15, -0.1) is 0 Å². The Hall–Kier alpha value is -1.04. The summed E-state index contributed by atoms with van der Waals surface area (Å²) in [7, 11) is 0. The van der Waals surface area contributed by atoms with E-state index in [9.17, 15) is 10.1 Å². The molecule has 7 heteroatoms. The summed E-state index contributed by atoms with van der Waals surface area (Å²) in [6.07, 6.45) is 2.03. The van der Waals surface area contributed by atoms with Gasteiger partial charge in [0.1, 0.15) is 5.69 Å². The smallest absolute Gasteiger partial charge is 0.294 e. The largest absolute Gasteiger partial charge is 0.366 e. The molecular formula is C12H15Cl2N3O2. The predicted octanol–water partition coefficient (Wildman–Crippen LogP) is 3.08. The Labute approximate surface area is 121 Å². The van der Waals surface area contributed by atoms with Gasteiger partial charge in [0.25, 0.3) is 5.69 Å². The first-order valence-corrected chi connectivity index (χ1v) is 6.87. The minimum atomic E-state index is -0.427. The van der Waals surface area contributed by atoms with Gasteiger partial charge in [0.05, 0.1) is 15.0 Å². The molecule has 104 valence electrons. The molecule has 19 heavy (non-hydrogen) atoms. The Morgan fingerprint density at radius 1 is 1.42 bits per heavy atom. The first kappa shape index (κ1) is 14.4. The topological polar surface area (TPSA) is 72.4 Å². The number of nitro benzene ring substituents is 1. The normalized spacial score (nSPS) is 19.5. The Balaban J connectivity index is 2.37. The fourth-order valence-corrected chi connectivity index (χ4v) is 2.72. The van der Waals surface area contributed by atoms with Crippen molar-refractivity contribution >= 4 is 34.6 Å². The Bertz CT molecular complexity index is 496. The van der Waals surface area contributed by atoms with E-state index < -0.39 is 4.92 Å². The monoisotopic (exact) mass is 303 g/mol. The fourth-order valence-electron chi connectivity index (χ4n) is 2.40. The van der Waals surface area contributed by atoms with Gasteiger partial charge in [-0.1, -0.05) is 23.2 Å². The van der Waals surface area contributed by atoms with Gasteiger partial charge in [-0.25, -0.2) is 0 Å². The van der Waals surface area contributed by atoms with Crippen LogP contribution in [-0.4, -0.2) is 24.6 Å². The molecule has 1 aliphatic rings. The van der Waals surface area contributed by atoms with Crippen LogP contribution in [0.25, 0.3) is 0 Å². The quantitative estimate of drug-likeness (QED) is 0.688. The van der Waals surface area contributed by atoms with Gasteiger partial charge in [-0.3, -0.25) is 10.1 Å². The highest BCUT2D eigenvalue weighted by atomic mass is 35.5. The molecule has 0 saturated carbocycles. The van der Waals surface area contributed by atoms with Crippen molar-refractivity contribution in [2.75, 3.05) is 24.5 Å². The van der Waals surface area contributed by atoms with Crippen molar-refractivity contribution in [1.29, 1.82) is 0 Å². The molecule has 1 aromatic rings.